The number of methoxy groups -OCH3 is 1. The predicted molar refractivity (Wildman–Crippen MR) is 385 cm³/mol. The standard InChI is InChI=1S/C9H9Br2NO.C9H8BrNO.C8H6BrNO2.C7H5Br2NO2.C6H3Br2NO2.C6H5Br2NO.C6H4BrNO2.C2Br2Cl4/c1-2-3-13-6-7-4-12-5-8(10)9(7)11;1-6-4-12-5-7-2-11-3-8(10)9(6)7;9-6-2-10-1-5-3-12-4-7(11)8(5)6;1-12-7(11)4-2-10-3-5(8)6(4)9;7-4-2-9-1-3(5(4)8)6(10)11;7-5-2-9-1-4(3-10)6(5)8;7-5-1-4(6(9)10)2-8-3-5;3-1(5,6)2(4,7)8/h2,4-5H,1,3,6H2;2-3H,1,4-5H2;1-2H,3-4H2;2-3H,1H3;1-2H,(H,10,11);1-2,10H,3H2;1-3H,(H,9,10);. The average Bonchev–Trinajstić information content (AvgIpc) is 3.48. The number of halogens is 17. The molecule has 88 heavy (non-hydrogen) atoms. The summed E-state index contributed by atoms with van der Waals surface area (Å²) in [6.45, 7) is 10.5. The van der Waals surface area contributed by atoms with Crippen molar-refractivity contribution in [1.82, 2.24) is 34.9 Å². The summed E-state index contributed by atoms with van der Waals surface area (Å²) in [5.74, 6) is -2.35. The van der Waals surface area contributed by atoms with Crippen LogP contribution in [0.3, 0.4) is 0 Å². The van der Waals surface area contributed by atoms with E-state index in [9.17, 15) is 19.2 Å². The number of aromatic nitrogens is 7. The van der Waals surface area contributed by atoms with Gasteiger partial charge in [-0.3, -0.25) is 39.7 Å². The maximum absolute atomic E-state index is 11.3. The van der Waals surface area contributed by atoms with Gasteiger partial charge in [-0.25, -0.2) is 14.4 Å². The van der Waals surface area contributed by atoms with Crippen LogP contribution in [0.5, 0.6) is 0 Å². The van der Waals surface area contributed by atoms with E-state index in [-0.39, 0.29) is 30.1 Å². The molecule has 0 aromatic carbocycles. The molecule has 9 rings (SSSR count). The lowest BCUT2D eigenvalue weighted by Crippen LogP contribution is -2.22. The van der Waals surface area contributed by atoms with Crippen LogP contribution in [0.4, 0.5) is 0 Å². The number of rotatable bonds is 9. The van der Waals surface area contributed by atoms with Crippen molar-refractivity contribution in [3.05, 3.63) is 211 Å². The molecule has 7 aromatic heterocycles. The molecular weight excluding hydrogens is 2090 g/mol. The van der Waals surface area contributed by atoms with Crippen LogP contribution < -0.4 is 0 Å². The van der Waals surface area contributed by atoms with E-state index in [0.717, 1.165) is 70.3 Å². The highest BCUT2D eigenvalue weighted by Gasteiger charge is 2.42. The lowest BCUT2D eigenvalue weighted by Gasteiger charge is -2.20. The zero-order valence-corrected chi connectivity index (χ0v) is 67.9. The molecule has 0 saturated heterocycles. The van der Waals surface area contributed by atoms with Crippen LogP contribution in [-0.4, -0.2) is 107 Å². The van der Waals surface area contributed by atoms with Gasteiger partial charge in [0.2, 0.25) is 6.49 Å². The molecule has 0 atom stereocenters. The summed E-state index contributed by atoms with van der Waals surface area (Å²) in [4.78, 5) is 70.3. The molecule has 0 fully saturated rings. The number of aliphatic hydroxyl groups excluding tert-OH is 1. The van der Waals surface area contributed by atoms with Crippen LogP contribution in [0, 0.1) is 0 Å². The molecule has 0 amide bonds. The van der Waals surface area contributed by atoms with Gasteiger partial charge in [0.15, 0.2) is 5.78 Å². The first-order valence-corrected chi connectivity index (χ1v) is 35.0. The SMILES string of the molecule is C=C1COCc2cncc(Br)c21.C=CCOCc1cncc(Br)c1Br.COC(=O)c1cncc(Br)c1Br.ClC(Cl)(Br)C(Cl)(Cl)Br.O=C(O)c1cncc(Br)c1.O=C(O)c1cncc(Br)c1Br.O=C1COCc2cncc(Br)c21.OCc1cncc(Br)c1Br. The number of ether oxygens (including phenoxy) is 4. The lowest BCUT2D eigenvalue weighted by molar-refractivity contribution is 0.0597. The van der Waals surface area contributed by atoms with Gasteiger partial charge in [-0.05, 0) is 219 Å². The Hall–Kier alpha value is -1.15. The quantitative estimate of drug-likeness (QED) is 0.0525. The number of carbonyl (C=O) groups excluding carboxylic acids is 2. The molecule has 7 aromatic rings. The van der Waals surface area contributed by atoms with Crippen molar-refractivity contribution in [1.29, 1.82) is 0 Å². The molecule has 0 aliphatic carbocycles. The van der Waals surface area contributed by atoms with E-state index in [4.69, 9.17) is 75.9 Å². The normalized spacial score (nSPS) is 11.8. The second-order valence-electron chi connectivity index (χ2n) is 15.9. The monoisotopic (exact) mass is 2120 g/mol. The van der Waals surface area contributed by atoms with Crippen molar-refractivity contribution in [2.45, 2.75) is 32.9 Å². The average molecular weight is 2130 g/mol. The second kappa shape index (κ2) is 43.0. The van der Waals surface area contributed by atoms with Crippen molar-refractivity contribution in [2.24, 2.45) is 0 Å². The largest absolute Gasteiger partial charge is 0.478 e. The maximum atomic E-state index is 11.3. The molecule has 0 radical (unpaired) electrons. The minimum Gasteiger partial charge on any atom is -0.478 e. The fourth-order valence-electron chi connectivity index (χ4n) is 5.71. The molecular formula is C53H40Br13Cl4N7O11. The van der Waals surface area contributed by atoms with E-state index in [1.165, 1.54) is 44.2 Å². The van der Waals surface area contributed by atoms with Crippen molar-refractivity contribution >= 4 is 283 Å². The van der Waals surface area contributed by atoms with E-state index >= 15 is 0 Å². The molecule has 0 spiro atoms. The number of ketones is 1. The van der Waals surface area contributed by atoms with Crippen molar-refractivity contribution < 1.29 is 53.4 Å². The Balaban J connectivity index is 0.000000344. The van der Waals surface area contributed by atoms with Gasteiger partial charge in [0.1, 0.15) is 6.61 Å². The van der Waals surface area contributed by atoms with Gasteiger partial charge < -0.3 is 34.3 Å². The summed E-state index contributed by atoms with van der Waals surface area (Å²) in [5.41, 5.74) is 7.44. The number of aromatic carboxylic acids is 2. The van der Waals surface area contributed by atoms with Gasteiger partial charge in [-0.2, -0.15) is 0 Å². The molecule has 472 valence electrons. The minimum atomic E-state index is -1.36. The fourth-order valence-corrected chi connectivity index (χ4v) is 10.1. The third-order valence-corrected chi connectivity index (χ3v) is 23.6. The molecule has 18 nitrogen and oxygen atoms in total. The number of hydrogen-bond acceptors (Lipinski definition) is 16. The van der Waals surface area contributed by atoms with E-state index in [0.29, 0.717) is 56.5 Å². The Morgan fingerprint density at radius 2 is 0.989 bits per heavy atom. The number of Topliss-reactive ketones (excluding diaryl/α,β-unsaturated/α-hetero) is 1. The van der Waals surface area contributed by atoms with Crippen LogP contribution in [-0.2, 0) is 45.4 Å². The Kier molecular flexibility index (Phi) is 40.6. The smallest absolute Gasteiger partial charge is 0.340 e. The number of nitrogens with zero attached hydrogens (tertiary/aromatic N) is 7. The molecule has 9 heterocycles. The number of alkyl halides is 6. The molecule has 3 N–H and O–H groups in total. The van der Waals surface area contributed by atoms with Crippen molar-refractivity contribution in [2.75, 3.05) is 26.9 Å². The van der Waals surface area contributed by atoms with Crippen LogP contribution in [0.2, 0.25) is 0 Å². The van der Waals surface area contributed by atoms with E-state index < -0.39 is 24.4 Å². The zero-order valence-electron chi connectivity index (χ0n) is 44.3. The van der Waals surface area contributed by atoms with E-state index in [1.807, 2.05) is 6.20 Å². The summed E-state index contributed by atoms with van der Waals surface area (Å²) in [6, 6.07) is 1.50. The maximum Gasteiger partial charge on any atom is 0.340 e. The minimum absolute atomic E-state index is 0.00697. The number of carboxylic acid groups (broad SMARTS) is 2. The number of carbonyl (C=O) groups is 4. The fraction of sp³-hybridized carbons (Fsp3) is 0.189. The van der Waals surface area contributed by atoms with E-state index in [1.54, 1.807) is 55.7 Å². The summed E-state index contributed by atoms with van der Waals surface area (Å²) in [5, 5.41) is 25.8. The molecule has 2 aliphatic rings. The van der Waals surface area contributed by atoms with Gasteiger partial charge in [0.05, 0.1) is 81.3 Å². The lowest BCUT2D eigenvalue weighted by atomic mass is 10.0. The summed E-state index contributed by atoms with van der Waals surface area (Å²) in [6.07, 6.45) is 24.1. The Morgan fingerprint density at radius 1 is 0.568 bits per heavy atom. The van der Waals surface area contributed by atoms with Crippen molar-refractivity contribution in [3.63, 3.8) is 0 Å². The number of carboxylic acids is 2. The first-order valence-electron chi connectivity index (χ1n) is 23.2. The zero-order chi connectivity index (χ0) is 66.5. The number of pyridine rings is 7. The third kappa shape index (κ3) is 29.2. The van der Waals surface area contributed by atoms with Gasteiger partial charge in [-0.15, -0.1) is 6.58 Å². The third-order valence-electron chi connectivity index (χ3n) is 9.68. The molecule has 2 aliphatic heterocycles. The van der Waals surface area contributed by atoms with Gasteiger partial charge >= 0.3 is 17.9 Å². The molecule has 0 bridgehead atoms. The van der Waals surface area contributed by atoms with Crippen molar-refractivity contribution in [3.8, 4) is 0 Å². The number of esters is 1. The van der Waals surface area contributed by atoms with Crippen LogP contribution in [0.25, 0.3) is 5.57 Å². The Labute approximate surface area is 634 Å². The first kappa shape index (κ1) is 82.9. The first-order chi connectivity index (χ1) is 41.3. The van der Waals surface area contributed by atoms with Crippen LogP contribution in [0.1, 0.15) is 69.2 Å². The van der Waals surface area contributed by atoms with Gasteiger partial charge in [0.25, 0.3) is 0 Å². The van der Waals surface area contributed by atoms with E-state index in [2.05, 4.69) is 260 Å². The Bertz CT molecular complexity index is 3450. The predicted octanol–water partition coefficient (Wildman–Crippen LogP) is 19.6. The Morgan fingerprint density at radius 3 is 1.41 bits per heavy atom. The number of fused-ring (bicyclic) bond motifs is 2. The second-order valence-corrected chi connectivity index (χ2v) is 32.0. The topological polar surface area (TPSA) is 256 Å². The van der Waals surface area contributed by atoms with Gasteiger partial charge in [-0.1, -0.05) is 59.1 Å². The number of aliphatic hydroxyl groups is 1. The highest BCUT2D eigenvalue weighted by Crippen LogP contribution is 2.51. The highest BCUT2D eigenvalue weighted by molar-refractivity contribution is 9.15. The van der Waals surface area contributed by atoms with Gasteiger partial charge in [0, 0.05) is 151 Å². The molecule has 0 unspecified atom stereocenters. The van der Waals surface area contributed by atoms with Crippen LogP contribution >= 0.6 is 253 Å². The summed E-state index contributed by atoms with van der Waals surface area (Å²) >= 11 is 63.1. The van der Waals surface area contributed by atoms with Crippen LogP contribution in [0.15, 0.2) is 161 Å². The summed E-state index contributed by atoms with van der Waals surface area (Å²) in [7, 11) is 1.33. The molecule has 35 heteroatoms. The highest BCUT2D eigenvalue weighted by atomic mass is 79.9. The molecule has 0 saturated carbocycles. The summed E-state index contributed by atoms with van der Waals surface area (Å²) < 4.78 is 26.1. The number of hydrogen-bond donors (Lipinski definition) is 3.